The van der Waals surface area contributed by atoms with E-state index in [0.29, 0.717) is 21.3 Å². The maximum Gasteiger partial charge on any atom is 0.335 e. The summed E-state index contributed by atoms with van der Waals surface area (Å²) >= 11 is 11.8. The van der Waals surface area contributed by atoms with Gasteiger partial charge in [0.15, 0.2) is 0 Å². The number of halogens is 2. The van der Waals surface area contributed by atoms with E-state index in [0.717, 1.165) is 0 Å². The van der Waals surface area contributed by atoms with Crippen LogP contribution in [-0.2, 0) is 4.79 Å². The van der Waals surface area contributed by atoms with Gasteiger partial charge in [-0.2, -0.15) is 0 Å². The molecule has 1 rings (SSSR count). The highest BCUT2D eigenvalue weighted by molar-refractivity contribution is 6.35. The quantitative estimate of drug-likeness (QED) is 0.515. The van der Waals surface area contributed by atoms with E-state index in [4.69, 9.17) is 28.3 Å². The average molecular weight is 284 g/mol. The second-order valence-electron chi connectivity index (χ2n) is 3.36. The largest absolute Gasteiger partial charge is 0.478 e. The molecule has 0 unspecified atom stereocenters. The van der Waals surface area contributed by atoms with Gasteiger partial charge in [-0.15, -0.1) is 0 Å². The van der Waals surface area contributed by atoms with Crippen LogP contribution in [0.15, 0.2) is 40.9 Å². The van der Waals surface area contributed by atoms with Crippen molar-refractivity contribution in [1.29, 1.82) is 0 Å². The number of allylic oxidation sites excluding steroid dienone is 1. The molecule has 0 saturated carbocycles. The van der Waals surface area contributed by atoms with E-state index < -0.39 is 5.97 Å². The van der Waals surface area contributed by atoms with Crippen molar-refractivity contribution in [2.24, 2.45) is 4.99 Å². The normalized spacial score (nSPS) is 12.4. The summed E-state index contributed by atoms with van der Waals surface area (Å²) in [6.07, 6.45) is 2.88. The van der Waals surface area contributed by atoms with Crippen molar-refractivity contribution in [2.75, 3.05) is 0 Å². The number of benzene rings is 1. The maximum absolute atomic E-state index is 10.9. The zero-order chi connectivity index (χ0) is 13.7. The molecule has 0 fully saturated rings. The highest BCUT2D eigenvalue weighted by Crippen LogP contribution is 2.28. The van der Waals surface area contributed by atoms with E-state index in [9.17, 15) is 4.79 Å². The molecular weight excluding hydrogens is 273 g/mol. The highest BCUT2D eigenvalue weighted by Gasteiger charge is 2.09. The van der Waals surface area contributed by atoms with Crippen LogP contribution in [0.3, 0.4) is 0 Å². The summed E-state index contributed by atoms with van der Waals surface area (Å²) in [5, 5.41) is 9.84. The lowest BCUT2D eigenvalue weighted by atomic mass is 10.1. The van der Waals surface area contributed by atoms with Crippen LogP contribution < -0.4 is 0 Å². The summed E-state index contributed by atoms with van der Waals surface area (Å²) in [5.74, 6) is -1.04. The monoisotopic (exact) mass is 283 g/mol. The first-order chi connectivity index (χ1) is 8.49. The van der Waals surface area contributed by atoms with Gasteiger partial charge >= 0.3 is 5.97 Å². The second kappa shape index (κ2) is 6.38. The summed E-state index contributed by atoms with van der Waals surface area (Å²) < 4.78 is 0. The van der Waals surface area contributed by atoms with Crippen LogP contribution in [-0.4, -0.2) is 17.8 Å². The predicted octanol–water partition coefficient (Wildman–Crippen LogP) is 4.07. The van der Waals surface area contributed by atoms with Gasteiger partial charge in [-0.3, -0.25) is 4.99 Å². The Morgan fingerprint density at radius 3 is 2.56 bits per heavy atom. The molecule has 0 aliphatic carbocycles. The van der Waals surface area contributed by atoms with Crippen LogP contribution >= 0.6 is 23.2 Å². The van der Waals surface area contributed by atoms with Crippen molar-refractivity contribution < 1.29 is 9.90 Å². The smallest absolute Gasteiger partial charge is 0.335 e. The third kappa shape index (κ3) is 3.45. The van der Waals surface area contributed by atoms with Crippen LogP contribution in [0.25, 0.3) is 5.70 Å². The van der Waals surface area contributed by atoms with Crippen LogP contribution in [0.5, 0.6) is 0 Å². The lowest BCUT2D eigenvalue weighted by Crippen LogP contribution is -1.98. The first-order valence-corrected chi connectivity index (χ1v) is 5.78. The SMILES string of the molecule is C=NC(=CC(=CC)C(=O)O)c1ccc(Cl)cc1Cl. The number of rotatable bonds is 4. The predicted molar refractivity (Wildman–Crippen MR) is 75.4 cm³/mol. The fourth-order valence-electron chi connectivity index (χ4n) is 1.32. The summed E-state index contributed by atoms with van der Waals surface area (Å²) in [4.78, 5) is 14.7. The van der Waals surface area contributed by atoms with Gasteiger partial charge in [0, 0.05) is 10.6 Å². The van der Waals surface area contributed by atoms with Gasteiger partial charge in [-0.1, -0.05) is 29.3 Å². The molecule has 0 amide bonds. The molecule has 1 aromatic carbocycles. The molecule has 0 saturated heterocycles. The van der Waals surface area contributed by atoms with E-state index in [-0.39, 0.29) is 5.57 Å². The van der Waals surface area contributed by atoms with Crippen molar-refractivity contribution in [1.82, 2.24) is 0 Å². The highest BCUT2D eigenvalue weighted by atomic mass is 35.5. The van der Waals surface area contributed by atoms with Gasteiger partial charge in [0.1, 0.15) is 0 Å². The van der Waals surface area contributed by atoms with Crippen LogP contribution in [0.2, 0.25) is 10.0 Å². The Morgan fingerprint density at radius 2 is 2.11 bits per heavy atom. The number of aliphatic imine (C=N–C) groups is 1. The van der Waals surface area contributed by atoms with Crippen molar-refractivity contribution >= 4 is 41.6 Å². The summed E-state index contributed by atoms with van der Waals surface area (Å²) in [7, 11) is 0. The zero-order valence-corrected chi connectivity index (χ0v) is 11.2. The standard InChI is InChI=1S/C13H11Cl2NO2/c1-3-8(13(17)18)6-12(16-2)10-5-4-9(14)7-11(10)15/h3-7H,2H2,1H3,(H,17,18). The Kier molecular flexibility index (Phi) is 5.13. The number of nitrogens with zero attached hydrogens (tertiary/aromatic N) is 1. The molecule has 1 aromatic rings. The molecular formula is C13H11Cl2NO2. The number of hydrogen-bond acceptors (Lipinski definition) is 2. The van der Waals surface area contributed by atoms with Gasteiger partial charge < -0.3 is 5.11 Å². The Hall–Kier alpha value is -1.58. The van der Waals surface area contributed by atoms with Gasteiger partial charge in [-0.25, -0.2) is 4.79 Å². The molecule has 0 atom stereocenters. The summed E-state index contributed by atoms with van der Waals surface area (Å²) in [6.45, 7) is 5.05. The number of hydrogen-bond donors (Lipinski definition) is 1. The molecule has 0 aliphatic rings. The molecule has 0 aliphatic heterocycles. The maximum atomic E-state index is 10.9. The van der Waals surface area contributed by atoms with Crippen LogP contribution in [0.1, 0.15) is 12.5 Å². The van der Waals surface area contributed by atoms with Crippen molar-refractivity contribution in [3.05, 3.63) is 51.5 Å². The topological polar surface area (TPSA) is 49.7 Å². The summed E-state index contributed by atoms with van der Waals surface area (Å²) in [6, 6.07) is 4.88. The van der Waals surface area contributed by atoms with E-state index in [1.165, 1.54) is 12.2 Å². The van der Waals surface area contributed by atoms with E-state index >= 15 is 0 Å². The van der Waals surface area contributed by atoms with Crippen molar-refractivity contribution in [2.45, 2.75) is 6.92 Å². The third-order valence-electron chi connectivity index (χ3n) is 2.23. The van der Waals surface area contributed by atoms with Crippen molar-refractivity contribution in [3.63, 3.8) is 0 Å². The molecule has 0 heterocycles. The Bertz CT molecular complexity index is 548. The molecule has 3 nitrogen and oxygen atoms in total. The molecule has 5 heteroatoms. The van der Waals surface area contributed by atoms with Gasteiger partial charge in [0.2, 0.25) is 0 Å². The Balaban J connectivity index is 3.30. The van der Waals surface area contributed by atoms with Gasteiger partial charge in [0.05, 0.1) is 16.3 Å². The zero-order valence-electron chi connectivity index (χ0n) is 9.65. The van der Waals surface area contributed by atoms with E-state index in [1.54, 1.807) is 25.1 Å². The van der Waals surface area contributed by atoms with Crippen LogP contribution in [0.4, 0.5) is 0 Å². The number of carbonyl (C=O) groups is 1. The minimum Gasteiger partial charge on any atom is -0.478 e. The van der Waals surface area contributed by atoms with Gasteiger partial charge in [-0.05, 0) is 37.9 Å². The van der Waals surface area contributed by atoms with Gasteiger partial charge in [0.25, 0.3) is 0 Å². The molecule has 0 radical (unpaired) electrons. The van der Waals surface area contributed by atoms with Crippen LogP contribution in [0, 0.1) is 0 Å². The second-order valence-corrected chi connectivity index (χ2v) is 4.20. The Labute approximate surface area is 115 Å². The van der Waals surface area contributed by atoms with Crippen molar-refractivity contribution in [3.8, 4) is 0 Å². The lowest BCUT2D eigenvalue weighted by Gasteiger charge is -2.05. The number of aliphatic carboxylic acids is 1. The minimum absolute atomic E-state index is 0.114. The van der Waals surface area contributed by atoms with E-state index in [1.807, 2.05) is 0 Å². The minimum atomic E-state index is -1.04. The molecule has 0 bridgehead atoms. The first-order valence-electron chi connectivity index (χ1n) is 5.03. The lowest BCUT2D eigenvalue weighted by molar-refractivity contribution is -0.132. The van der Waals surface area contributed by atoms with E-state index in [2.05, 4.69) is 11.7 Å². The molecule has 0 aromatic heterocycles. The number of carboxylic acids is 1. The fraction of sp³-hybridized carbons (Fsp3) is 0.0769. The molecule has 0 spiro atoms. The number of carboxylic acid groups (broad SMARTS) is 1. The average Bonchev–Trinajstić information content (AvgIpc) is 2.31. The Morgan fingerprint density at radius 1 is 1.44 bits per heavy atom. The third-order valence-corrected chi connectivity index (χ3v) is 2.78. The molecule has 94 valence electrons. The molecule has 18 heavy (non-hydrogen) atoms. The summed E-state index contributed by atoms with van der Waals surface area (Å²) in [5.41, 5.74) is 1.08. The first kappa shape index (κ1) is 14.5. The molecule has 1 N–H and O–H groups in total. The fourth-order valence-corrected chi connectivity index (χ4v) is 1.83.